The highest BCUT2D eigenvalue weighted by atomic mass is 35.5. The van der Waals surface area contributed by atoms with E-state index in [0.717, 1.165) is 28.1 Å². The van der Waals surface area contributed by atoms with Crippen molar-refractivity contribution in [1.82, 2.24) is 20.6 Å². The standard InChI is InChI=1S/C26H22ClN5O2/c1-18-7-9-19(10-8-18)25-20(17-32(31-25)23-5-3-2-4-6-23)11-16-24(33)29-30-26(34)28-22-14-12-21(27)13-15-22/h2-17H,1H3,(H,29,33)(H2,28,30,34)/b16-11+. The summed E-state index contributed by atoms with van der Waals surface area (Å²) in [5.74, 6) is -0.492. The number of carbonyl (C=O) groups excluding carboxylic acids is 2. The van der Waals surface area contributed by atoms with Crippen LogP contribution in [0, 0.1) is 6.92 Å². The second kappa shape index (κ2) is 10.5. The van der Waals surface area contributed by atoms with Crippen molar-refractivity contribution >= 4 is 35.3 Å². The van der Waals surface area contributed by atoms with E-state index in [1.807, 2.05) is 67.7 Å². The van der Waals surface area contributed by atoms with Gasteiger partial charge >= 0.3 is 6.03 Å². The van der Waals surface area contributed by atoms with Crippen LogP contribution in [0.2, 0.25) is 5.02 Å². The fourth-order valence-electron chi connectivity index (χ4n) is 3.18. The number of urea groups is 1. The molecule has 4 rings (SSSR count). The van der Waals surface area contributed by atoms with Crippen molar-refractivity contribution < 1.29 is 9.59 Å². The number of hydrazine groups is 1. The molecule has 3 aromatic carbocycles. The minimum absolute atomic E-state index is 0.492. The molecule has 170 valence electrons. The van der Waals surface area contributed by atoms with Crippen LogP contribution >= 0.6 is 11.6 Å². The van der Waals surface area contributed by atoms with Gasteiger partial charge in [-0.3, -0.25) is 10.2 Å². The number of amides is 3. The second-order valence-corrected chi connectivity index (χ2v) is 7.92. The minimum atomic E-state index is -0.582. The SMILES string of the molecule is Cc1ccc(-c2nn(-c3ccccc3)cc2/C=C/C(=O)NNC(=O)Nc2ccc(Cl)cc2)cc1. The van der Waals surface area contributed by atoms with Crippen LogP contribution < -0.4 is 16.2 Å². The van der Waals surface area contributed by atoms with Gasteiger partial charge in [0, 0.05) is 34.1 Å². The fourth-order valence-corrected chi connectivity index (χ4v) is 3.31. The molecule has 0 aliphatic carbocycles. The Morgan fingerprint density at radius 2 is 1.62 bits per heavy atom. The monoisotopic (exact) mass is 471 g/mol. The molecule has 0 aliphatic heterocycles. The van der Waals surface area contributed by atoms with Crippen molar-refractivity contribution in [2.45, 2.75) is 6.92 Å². The predicted octanol–water partition coefficient (Wildman–Crippen LogP) is 5.37. The molecule has 0 bridgehead atoms. The van der Waals surface area contributed by atoms with Gasteiger partial charge in [0.2, 0.25) is 0 Å². The number of rotatable bonds is 5. The van der Waals surface area contributed by atoms with Crippen molar-refractivity contribution in [3.63, 3.8) is 0 Å². The van der Waals surface area contributed by atoms with Crippen LogP contribution in [0.15, 0.2) is 91.1 Å². The number of para-hydroxylation sites is 1. The van der Waals surface area contributed by atoms with Crippen LogP contribution in [0.3, 0.4) is 0 Å². The lowest BCUT2D eigenvalue weighted by atomic mass is 10.1. The average molecular weight is 472 g/mol. The van der Waals surface area contributed by atoms with Crippen molar-refractivity contribution in [3.05, 3.63) is 107 Å². The first-order chi connectivity index (χ1) is 16.5. The van der Waals surface area contributed by atoms with Crippen molar-refractivity contribution in [1.29, 1.82) is 0 Å². The van der Waals surface area contributed by atoms with E-state index in [0.29, 0.717) is 10.7 Å². The van der Waals surface area contributed by atoms with Crippen LogP contribution in [0.1, 0.15) is 11.1 Å². The van der Waals surface area contributed by atoms with E-state index >= 15 is 0 Å². The molecule has 8 heteroatoms. The van der Waals surface area contributed by atoms with E-state index < -0.39 is 11.9 Å². The summed E-state index contributed by atoms with van der Waals surface area (Å²) in [4.78, 5) is 24.3. The van der Waals surface area contributed by atoms with Crippen LogP contribution in [-0.2, 0) is 4.79 Å². The first-order valence-corrected chi connectivity index (χ1v) is 10.9. The van der Waals surface area contributed by atoms with Gasteiger partial charge < -0.3 is 5.32 Å². The highest BCUT2D eigenvalue weighted by Crippen LogP contribution is 2.25. The van der Waals surface area contributed by atoms with Gasteiger partial charge in [-0.1, -0.05) is 59.6 Å². The lowest BCUT2D eigenvalue weighted by molar-refractivity contribution is -0.117. The van der Waals surface area contributed by atoms with Crippen molar-refractivity contribution in [2.24, 2.45) is 0 Å². The molecule has 0 aliphatic rings. The molecule has 0 fully saturated rings. The number of nitrogens with one attached hydrogen (secondary N) is 3. The summed E-state index contributed by atoms with van der Waals surface area (Å²) >= 11 is 5.83. The summed E-state index contributed by atoms with van der Waals surface area (Å²) < 4.78 is 1.77. The van der Waals surface area contributed by atoms with Crippen molar-refractivity contribution in [3.8, 4) is 16.9 Å². The number of aryl methyl sites for hydroxylation is 1. The van der Waals surface area contributed by atoms with Crippen LogP contribution in [0.4, 0.5) is 10.5 Å². The van der Waals surface area contributed by atoms with Crippen LogP contribution in [0.5, 0.6) is 0 Å². The van der Waals surface area contributed by atoms with E-state index in [1.165, 1.54) is 6.08 Å². The Balaban J connectivity index is 1.47. The molecule has 0 spiro atoms. The van der Waals surface area contributed by atoms with E-state index in [1.54, 1.807) is 35.0 Å². The maximum atomic E-state index is 12.3. The second-order valence-electron chi connectivity index (χ2n) is 7.49. The van der Waals surface area contributed by atoms with E-state index in [4.69, 9.17) is 16.7 Å². The Kier molecular flexibility index (Phi) is 7.05. The van der Waals surface area contributed by atoms with Gasteiger partial charge in [0.1, 0.15) is 0 Å². The van der Waals surface area contributed by atoms with Crippen LogP contribution in [-0.4, -0.2) is 21.7 Å². The molecular formula is C26H22ClN5O2. The molecule has 3 N–H and O–H groups in total. The van der Waals surface area contributed by atoms with E-state index in [-0.39, 0.29) is 0 Å². The molecule has 4 aromatic rings. The largest absolute Gasteiger partial charge is 0.337 e. The number of halogens is 1. The Labute approximate surface area is 202 Å². The summed E-state index contributed by atoms with van der Waals surface area (Å²) in [6.45, 7) is 2.02. The predicted molar refractivity (Wildman–Crippen MR) is 135 cm³/mol. The van der Waals surface area contributed by atoms with E-state index in [9.17, 15) is 9.59 Å². The molecule has 1 heterocycles. The molecule has 34 heavy (non-hydrogen) atoms. The summed E-state index contributed by atoms with van der Waals surface area (Å²) in [5.41, 5.74) is 9.68. The highest BCUT2D eigenvalue weighted by molar-refractivity contribution is 6.30. The zero-order chi connectivity index (χ0) is 23.9. The van der Waals surface area contributed by atoms with Gasteiger partial charge in [-0.05, 0) is 49.4 Å². The Hall–Kier alpha value is -4.36. The molecule has 3 amide bonds. The zero-order valence-electron chi connectivity index (χ0n) is 18.3. The Bertz CT molecular complexity index is 1310. The van der Waals surface area contributed by atoms with E-state index in [2.05, 4.69) is 16.2 Å². The number of hydrogen-bond acceptors (Lipinski definition) is 3. The fraction of sp³-hybridized carbons (Fsp3) is 0.0385. The Morgan fingerprint density at radius 1 is 0.912 bits per heavy atom. The van der Waals surface area contributed by atoms with Gasteiger partial charge in [0.25, 0.3) is 5.91 Å². The third-order valence-electron chi connectivity index (χ3n) is 4.90. The normalized spacial score (nSPS) is 10.8. The quantitative estimate of drug-likeness (QED) is 0.270. The number of aromatic nitrogens is 2. The molecule has 7 nitrogen and oxygen atoms in total. The lowest BCUT2D eigenvalue weighted by Gasteiger charge is -2.07. The number of hydrogen-bond donors (Lipinski definition) is 3. The number of nitrogens with zero attached hydrogens (tertiary/aromatic N) is 2. The first kappa shape index (κ1) is 22.8. The molecular weight excluding hydrogens is 450 g/mol. The smallest absolute Gasteiger partial charge is 0.307 e. The van der Waals surface area contributed by atoms with Gasteiger partial charge in [-0.15, -0.1) is 0 Å². The number of benzene rings is 3. The first-order valence-electron chi connectivity index (χ1n) is 10.5. The van der Waals surface area contributed by atoms with Gasteiger partial charge in [0.05, 0.1) is 11.4 Å². The summed E-state index contributed by atoms with van der Waals surface area (Å²) in [6, 6.07) is 23.8. The maximum absolute atomic E-state index is 12.3. The molecule has 1 aromatic heterocycles. The van der Waals surface area contributed by atoms with Gasteiger partial charge in [-0.2, -0.15) is 5.10 Å². The van der Waals surface area contributed by atoms with Gasteiger partial charge in [0.15, 0.2) is 0 Å². The molecule has 0 atom stereocenters. The maximum Gasteiger partial charge on any atom is 0.337 e. The topological polar surface area (TPSA) is 88.1 Å². The van der Waals surface area contributed by atoms with Gasteiger partial charge in [-0.25, -0.2) is 14.9 Å². The molecule has 0 unspecified atom stereocenters. The van der Waals surface area contributed by atoms with Crippen LogP contribution in [0.25, 0.3) is 23.0 Å². The minimum Gasteiger partial charge on any atom is -0.307 e. The zero-order valence-corrected chi connectivity index (χ0v) is 19.1. The molecule has 0 saturated heterocycles. The summed E-state index contributed by atoms with van der Waals surface area (Å²) in [6.07, 6.45) is 4.86. The third-order valence-corrected chi connectivity index (χ3v) is 5.16. The average Bonchev–Trinajstić information content (AvgIpc) is 3.28. The highest BCUT2D eigenvalue weighted by Gasteiger charge is 2.11. The number of anilines is 1. The molecule has 0 saturated carbocycles. The third kappa shape index (κ3) is 5.90. The summed E-state index contributed by atoms with van der Waals surface area (Å²) in [5, 5.41) is 7.88. The lowest BCUT2D eigenvalue weighted by Crippen LogP contribution is -2.43. The number of carbonyl (C=O) groups is 2. The Morgan fingerprint density at radius 3 is 2.32 bits per heavy atom. The van der Waals surface area contributed by atoms with Crippen molar-refractivity contribution in [2.75, 3.05) is 5.32 Å². The summed E-state index contributed by atoms with van der Waals surface area (Å²) in [7, 11) is 0. The molecule has 0 radical (unpaired) electrons.